The lowest BCUT2D eigenvalue weighted by molar-refractivity contribution is -0.157. The van der Waals surface area contributed by atoms with Crippen molar-refractivity contribution in [3.63, 3.8) is 0 Å². The lowest BCUT2D eigenvalue weighted by Crippen LogP contribution is -2.26. The molecule has 132 valence electrons. The summed E-state index contributed by atoms with van der Waals surface area (Å²) < 4.78 is 11.4. The monoisotopic (exact) mass is 347 g/mol. The Kier molecular flexibility index (Phi) is 4.27. The molecule has 0 amide bonds. The van der Waals surface area contributed by atoms with Gasteiger partial charge in [-0.05, 0) is 50.3 Å². The second-order valence-corrected chi connectivity index (χ2v) is 15.0. The maximum Gasteiger partial charge on any atom is 0.310 e. The minimum atomic E-state index is -1.08. The van der Waals surface area contributed by atoms with Crippen LogP contribution in [0.5, 0.6) is 5.88 Å². The molecule has 0 aliphatic heterocycles. The maximum absolute atomic E-state index is 12.3. The number of aromatic nitrogens is 1. The van der Waals surface area contributed by atoms with E-state index in [9.17, 15) is 4.79 Å². The second-order valence-electron chi connectivity index (χ2n) is 9.33. The summed E-state index contributed by atoms with van der Waals surface area (Å²) in [7, 11) is -1.08. The normalized spacial score (nSPS) is 25.0. The first-order chi connectivity index (χ1) is 11.1. The van der Waals surface area contributed by atoms with Crippen LogP contribution in [0.2, 0.25) is 25.7 Å². The predicted octanol–water partition coefficient (Wildman–Crippen LogP) is 4.03. The van der Waals surface area contributed by atoms with E-state index in [1.807, 2.05) is 27.0 Å². The van der Waals surface area contributed by atoms with Gasteiger partial charge in [-0.15, -0.1) is 0 Å². The van der Waals surface area contributed by atoms with E-state index in [1.54, 1.807) is 0 Å². The molecule has 0 spiro atoms. The van der Waals surface area contributed by atoms with Crippen LogP contribution in [0.25, 0.3) is 0 Å². The van der Waals surface area contributed by atoms with Gasteiger partial charge < -0.3 is 9.47 Å². The zero-order valence-corrected chi connectivity index (χ0v) is 16.7. The topological polar surface area (TPSA) is 48.4 Å². The number of fused-ring (bicyclic) bond motifs is 3. The van der Waals surface area contributed by atoms with Gasteiger partial charge in [0.25, 0.3) is 0 Å². The fourth-order valence-corrected chi connectivity index (χ4v) is 4.21. The van der Waals surface area contributed by atoms with Gasteiger partial charge in [-0.3, -0.25) is 4.79 Å². The highest BCUT2D eigenvalue weighted by Gasteiger charge is 2.60. The molecule has 24 heavy (non-hydrogen) atoms. The Labute approximate surface area is 146 Å². The molecule has 1 aromatic heterocycles. The molecule has 0 saturated heterocycles. The summed E-state index contributed by atoms with van der Waals surface area (Å²) in [6, 6.07) is 3.20. The van der Waals surface area contributed by atoms with Gasteiger partial charge in [0.15, 0.2) is 0 Å². The van der Waals surface area contributed by atoms with Gasteiger partial charge in [-0.2, -0.15) is 0 Å². The first-order valence-electron chi connectivity index (χ1n) is 8.90. The number of pyridine rings is 1. The van der Waals surface area contributed by atoms with Gasteiger partial charge in [0.05, 0.1) is 12.5 Å². The molecule has 1 fully saturated rings. The highest BCUT2D eigenvalue weighted by Crippen LogP contribution is 2.62. The third kappa shape index (κ3) is 3.82. The molecule has 3 unspecified atom stereocenters. The Morgan fingerprint density at radius 1 is 1.33 bits per heavy atom. The Morgan fingerprint density at radius 2 is 2.04 bits per heavy atom. The third-order valence-corrected chi connectivity index (χ3v) is 6.47. The number of carbonyl (C=O) groups excluding carboxylic acids is 1. The minimum absolute atomic E-state index is 0.0252. The minimum Gasteiger partial charge on any atom is -0.478 e. The summed E-state index contributed by atoms with van der Waals surface area (Å²) in [5, 5.41) is 0. The molecular formula is C19H29NO3Si. The molecular weight excluding hydrogens is 318 g/mol. The van der Waals surface area contributed by atoms with Crippen LogP contribution >= 0.6 is 0 Å². The summed E-state index contributed by atoms with van der Waals surface area (Å²) in [4.78, 5) is 16.7. The molecule has 3 rings (SSSR count). The van der Waals surface area contributed by atoms with Crippen LogP contribution in [0.3, 0.4) is 0 Å². The molecule has 1 heterocycles. The molecule has 1 aromatic rings. The van der Waals surface area contributed by atoms with Crippen LogP contribution in [-0.4, -0.2) is 31.2 Å². The van der Waals surface area contributed by atoms with Crippen LogP contribution in [0, 0.1) is 11.8 Å². The van der Waals surface area contributed by atoms with E-state index in [1.165, 1.54) is 11.1 Å². The van der Waals surface area contributed by atoms with E-state index in [2.05, 4.69) is 30.7 Å². The maximum atomic E-state index is 12.3. The Balaban J connectivity index is 1.60. The molecule has 1 saturated carbocycles. The predicted molar refractivity (Wildman–Crippen MR) is 97.2 cm³/mol. The molecule has 0 N–H and O–H groups in total. The number of hydrogen-bond acceptors (Lipinski definition) is 4. The van der Waals surface area contributed by atoms with Crippen molar-refractivity contribution in [1.82, 2.24) is 4.98 Å². The Morgan fingerprint density at radius 3 is 2.67 bits per heavy atom. The van der Waals surface area contributed by atoms with E-state index < -0.39 is 13.7 Å². The van der Waals surface area contributed by atoms with E-state index in [0.29, 0.717) is 11.8 Å². The fourth-order valence-electron chi connectivity index (χ4n) is 3.50. The molecule has 5 heteroatoms. The molecule has 2 aliphatic carbocycles. The summed E-state index contributed by atoms with van der Waals surface area (Å²) in [6.07, 6.45) is 2.85. The lowest BCUT2D eigenvalue weighted by atomic mass is 10.0. The average molecular weight is 348 g/mol. The number of carbonyl (C=O) groups is 1. The van der Waals surface area contributed by atoms with E-state index in [0.717, 1.165) is 25.0 Å². The SMILES string of the molecule is CC(C)(C)OC(=O)C1C2Cc3cc(OCC[Si](C)(C)C)ncc3C21. The van der Waals surface area contributed by atoms with Crippen LogP contribution in [0.1, 0.15) is 37.8 Å². The van der Waals surface area contributed by atoms with Gasteiger partial charge in [-0.25, -0.2) is 4.98 Å². The van der Waals surface area contributed by atoms with Crippen molar-refractivity contribution in [3.8, 4) is 5.88 Å². The lowest BCUT2D eigenvalue weighted by Gasteiger charge is -2.20. The standard InChI is InChI=1S/C19H29NO3Si/c1-19(2,3)23-18(21)17-13-9-12-10-15(20-11-14(12)16(13)17)22-7-8-24(4,5)6/h10-11,13,16-17H,7-9H2,1-6H3. The average Bonchev–Trinajstić information content (AvgIpc) is 2.99. The van der Waals surface area contributed by atoms with Crippen LogP contribution in [0.4, 0.5) is 0 Å². The Bertz CT molecular complexity index is 645. The van der Waals surface area contributed by atoms with Gasteiger partial charge >= 0.3 is 5.97 Å². The smallest absolute Gasteiger partial charge is 0.310 e. The van der Waals surface area contributed by atoms with Crippen molar-refractivity contribution in [1.29, 1.82) is 0 Å². The first-order valence-corrected chi connectivity index (χ1v) is 12.6. The second kappa shape index (κ2) is 5.87. The first kappa shape index (κ1) is 17.5. The van der Waals surface area contributed by atoms with Crippen molar-refractivity contribution in [2.45, 2.75) is 64.4 Å². The van der Waals surface area contributed by atoms with Gasteiger partial charge in [0.2, 0.25) is 5.88 Å². The molecule has 4 nitrogen and oxygen atoms in total. The van der Waals surface area contributed by atoms with Crippen LogP contribution in [0.15, 0.2) is 12.3 Å². The molecule has 2 aliphatic rings. The summed E-state index contributed by atoms with van der Waals surface area (Å²) in [5.74, 6) is 1.39. The van der Waals surface area contributed by atoms with Crippen molar-refractivity contribution in [3.05, 3.63) is 23.4 Å². The Hall–Kier alpha value is -1.36. The number of rotatable bonds is 5. The summed E-state index contributed by atoms with van der Waals surface area (Å²) >= 11 is 0. The van der Waals surface area contributed by atoms with E-state index >= 15 is 0 Å². The number of hydrogen-bond donors (Lipinski definition) is 0. The van der Waals surface area contributed by atoms with Gasteiger partial charge in [0.1, 0.15) is 5.60 Å². The highest BCUT2D eigenvalue weighted by atomic mass is 28.3. The van der Waals surface area contributed by atoms with Crippen molar-refractivity contribution < 1.29 is 14.3 Å². The van der Waals surface area contributed by atoms with E-state index in [-0.39, 0.29) is 11.9 Å². The molecule has 3 atom stereocenters. The zero-order valence-electron chi connectivity index (χ0n) is 15.7. The molecule has 0 radical (unpaired) electrons. The van der Waals surface area contributed by atoms with Crippen molar-refractivity contribution in [2.75, 3.05) is 6.61 Å². The van der Waals surface area contributed by atoms with E-state index in [4.69, 9.17) is 9.47 Å². The summed E-state index contributed by atoms with van der Waals surface area (Å²) in [5.41, 5.74) is 2.10. The highest BCUT2D eigenvalue weighted by molar-refractivity contribution is 6.76. The number of ether oxygens (including phenoxy) is 2. The van der Waals surface area contributed by atoms with Crippen molar-refractivity contribution in [2.24, 2.45) is 11.8 Å². The summed E-state index contributed by atoms with van der Waals surface area (Å²) in [6.45, 7) is 13.5. The molecule has 0 bridgehead atoms. The largest absolute Gasteiger partial charge is 0.478 e. The number of nitrogens with zero attached hydrogens (tertiary/aromatic N) is 1. The van der Waals surface area contributed by atoms with Crippen molar-refractivity contribution >= 4 is 14.0 Å². The third-order valence-electron chi connectivity index (χ3n) is 4.76. The quantitative estimate of drug-likeness (QED) is 0.596. The van der Waals surface area contributed by atoms with Crippen LogP contribution < -0.4 is 4.74 Å². The fraction of sp³-hybridized carbons (Fsp3) is 0.684. The van der Waals surface area contributed by atoms with Crippen LogP contribution in [-0.2, 0) is 16.0 Å². The van der Waals surface area contributed by atoms with Gasteiger partial charge in [-0.1, -0.05) is 19.6 Å². The van der Waals surface area contributed by atoms with Gasteiger partial charge in [0, 0.05) is 26.3 Å². The number of esters is 1. The zero-order chi connectivity index (χ0) is 17.7. The molecule has 0 aromatic carbocycles.